The first-order chi connectivity index (χ1) is 8.51. The van der Waals surface area contributed by atoms with Gasteiger partial charge in [0, 0.05) is 11.5 Å². The standard InChI is InChI=1S/C11H13BrF2N2O2/c1-2-18-8(17)3-6-5-16-11(15)9(10(13)14)7(6)4-12/h5,10H,2-4H2,1H3,(H2,15,16). The monoisotopic (exact) mass is 322 g/mol. The van der Waals surface area contributed by atoms with E-state index in [4.69, 9.17) is 10.5 Å². The highest BCUT2D eigenvalue weighted by Gasteiger charge is 2.21. The van der Waals surface area contributed by atoms with Gasteiger partial charge in [-0.25, -0.2) is 13.8 Å². The van der Waals surface area contributed by atoms with Gasteiger partial charge in [0.15, 0.2) is 0 Å². The molecule has 0 fully saturated rings. The van der Waals surface area contributed by atoms with E-state index < -0.39 is 12.4 Å². The second kappa shape index (κ2) is 6.63. The fourth-order valence-electron chi connectivity index (χ4n) is 1.54. The summed E-state index contributed by atoms with van der Waals surface area (Å²) in [7, 11) is 0. The summed E-state index contributed by atoms with van der Waals surface area (Å²) < 4.78 is 30.5. The van der Waals surface area contributed by atoms with Gasteiger partial charge in [-0.05, 0) is 18.1 Å². The van der Waals surface area contributed by atoms with Gasteiger partial charge >= 0.3 is 5.97 Å². The molecule has 4 nitrogen and oxygen atoms in total. The molecule has 2 N–H and O–H groups in total. The molecule has 0 atom stereocenters. The number of hydrogen-bond acceptors (Lipinski definition) is 4. The molecule has 0 amide bonds. The van der Waals surface area contributed by atoms with Crippen LogP contribution in [0.3, 0.4) is 0 Å². The molecule has 0 aliphatic rings. The number of alkyl halides is 3. The van der Waals surface area contributed by atoms with Gasteiger partial charge in [0.05, 0.1) is 18.6 Å². The van der Waals surface area contributed by atoms with E-state index in [0.29, 0.717) is 11.1 Å². The average molecular weight is 323 g/mol. The Morgan fingerprint density at radius 1 is 1.61 bits per heavy atom. The highest BCUT2D eigenvalue weighted by molar-refractivity contribution is 9.08. The van der Waals surface area contributed by atoms with Crippen LogP contribution < -0.4 is 5.73 Å². The topological polar surface area (TPSA) is 65.2 Å². The summed E-state index contributed by atoms with van der Waals surface area (Å²) in [5.74, 6) is -0.696. The summed E-state index contributed by atoms with van der Waals surface area (Å²) in [5, 5.41) is 0.175. The number of anilines is 1. The lowest BCUT2D eigenvalue weighted by atomic mass is 10.0. The maximum atomic E-state index is 12.9. The SMILES string of the molecule is CCOC(=O)Cc1cnc(N)c(C(F)F)c1CBr. The van der Waals surface area contributed by atoms with Crippen molar-refractivity contribution in [3.63, 3.8) is 0 Å². The second-order valence-electron chi connectivity index (χ2n) is 3.48. The van der Waals surface area contributed by atoms with Crippen molar-refractivity contribution in [1.29, 1.82) is 0 Å². The van der Waals surface area contributed by atoms with Crippen molar-refractivity contribution in [2.75, 3.05) is 12.3 Å². The number of carbonyl (C=O) groups excluding carboxylic acids is 1. The molecular weight excluding hydrogens is 310 g/mol. The molecule has 100 valence electrons. The molecular formula is C11H13BrF2N2O2. The zero-order chi connectivity index (χ0) is 13.7. The second-order valence-corrected chi connectivity index (χ2v) is 4.04. The van der Waals surface area contributed by atoms with Crippen LogP contribution in [0.2, 0.25) is 0 Å². The number of ether oxygens (including phenoxy) is 1. The Morgan fingerprint density at radius 3 is 2.78 bits per heavy atom. The molecule has 0 spiro atoms. The number of rotatable bonds is 5. The van der Waals surface area contributed by atoms with Crippen molar-refractivity contribution < 1.29 is 18.3 Å². The van der Waals surface area contributed by atoms with Crippen molar-refractivity contribution in [3.8, 4) is 0 Å². The van der Waals surface area contributed by atoms with E-state index in [1.165, 1.54) is 6.20 Å². The molecule has 0 unspecified atom stereocenters. The van der Waals surface area contributed by atoms with Crippen molar-refractivity contribution in [1.82, 2.24) is 4.98 Å². The first-order valence-electron chi connectivity index (χ1n) is 5.27. The highest BCUT2D eigenvalue weighted by Crippen LogP contribution is 2.31. The molecule has 1 aromatic heterocycles. The van der Waals surface area contributed by atoms with Gasteiger partial charge in [-0.3, -0.25) is 4.79 Å². The van der Waals surface area contributed by atoms with Gasteiger partial charge < -0.3 is 10.5 Å². The summed E-state index contributed by atoms with van der Waals surface area (Å²) in [6.07, 6.45) is -1.50. The summed E-state index contributed by atoms with van der Waals surface area (Å²) in [4.78, 5) is 15.1. The Bertz CT molecular complexity index is 441. The molecule has 18 heavy (non-hydrogen) atoms. The minimum absolute atomic E-state index is 0.0955. The van der Waals surface area contributed by atoms with Gasteiger partial charge in [-0.2, -0.15) is 0 Å². The minimum atomic E-state index is -2.73. The van der Waals surface area contributed by atoms with Crippen LogP contribution in [-0.4, -0.2) is 17.6 Å². The molecule has 1 aromatic rings. The van der Waals surface area contributed by atoms with Gasteiger partial charge in [0.2, 0.25) is 0 Å². The number of hydrogen-bond donors (Lipinski definition) is 1. The Morgan fingerprint density at radius 2 is 2.28 bits per heavy atom. The number of nitrogens with zero attached hydrogens (tertiary/aromatic N) is 1. The third kappa shape index (κ3) is 3.38. The first-order valence-corrected chi connectivity index (χ1v) is 6.39. The van der Waals surface area contributed by atoms with E-state index in [9.17, 15) is 13.6 Å². The molecule has 0 radical (unpaired) electrons. The van der Waals surface area contributed by atoms with Crippen molar-refractivity contribution in [2.45, 2.75) is 25.1 Å². The molecule has 0 saturated heterocycles. The lowest BCUT2D eigenvalue weighted by Crippen LogP contribution is -2.12. The van der Waals surface area contributed by atoms with Crippen LogP contribution >= 0.6 is 15.9 Å². The quantitative estimate of drug-likeness (QED) is 0.668. The lowest BCUT2D eigenvalue weighted by Gasteiger charge is -2.13. The Hall–Kier alpha value is -1.24. The Balaban J connectivity index is 3.13. The van der Waals surface area contributed by atoms with Gasteiger partial charge in [-0.1, -0.05) is 15.9 Å². The fourth-order valence-corrected chi connectivity index (χ4v) is 2.21. The number of carbonyl (C=O) groups is 1. The van der Waals surface area contributed by atoms with Crippen LogP contribution in [0.15, 0.2) is 6.20 Å². The normalized spacial score (nSPS) is 10.7. The zero-order valence-corrected chi connectivity index (χ0v) is 11.3. The molecule has 7 heteroatoms. The van der Waals surface area contributed by atoms with Gasteiger partial charge in [0.25, 0.3) is 6.43 Å². The Labute approximate surface area is 112 Å². The molecule has 0 aliphatic carbocycles. The molecule has 0 aliphatic heterocycles. The Kier molecular flexibility index (Phi) is 5.46. The van der Waals surface area contributed by atoms with Crippen LogP contribution in [-0.2, 0) is 21.3 Å². The van der Waals surface area contributed by atoms with Crippen molar-refractivity contribution in [3.05, 3.63) is 22.9 Å². The first kappa shape index (κ1) is 14.8. The predicted molar refractivity (Wildman–Crippen MR) is 66.6 cm³/mol. The maximum absolute atomic E-state index is 12.9. The number of nitrogens with two attached hydrogens (primary N) is 1. The molecule has 1 heterocycles. The summed E-state index contributed by atoms with van der Waals surface area (Å²) in [6.45, 7) is 1.92. The zero-order valence-electron chi connectivity index (χ0n) is 9.75. The number of nitrogen functional groups attached to an aromatic ring is 1. The van der Waals surface area contributed by atoms with Crippen molar-refractivity contribution in [2.24, 2.45) is 0 Å². The average Bonchev–Trinajstić information content (AvgIpc) is 2.30. The van der Waals surface area contributed by atoms with E-state index in [1.807, 2.05) is 0 Å². The molecule has 1 rings (SSSR count). The molecule has 0 aromatic carbocycles. The predicted octanol–water partition coefficient (Wildman–Crippen LogP) is 2.60. The summed E-state index contributed by atoms with van der Waals surface area (Å²) in [6, 6.07) is 0. The van der Waals surface area contributed by atoms with Gasteiger partial charge in [0.1, 0.15) is 5.82 Å². The van der Waals surface area contributed by atoms with Gasteiger partial charge in [-0.15, -0.1) is 0 Å². The smallest absolute Gasteiger partial charge is 0.310 e. The van der Waals surface area contributed by atoms with Crippen molar-refractivity contribution >= 4 is 27.7 Å². The third-order valence-electron chi connectivity index (χ3n) is 2.34. The van der Waals surface area contributed by atoms with E-state index in [0.717, 1.165) is 0 Å². The minimum Gasteiger partial charge on any atom is -0.466 e. The summed E-state index contributed by atoms with van der Waals surface area (Å²) >= 11 is 3.12. The third-order valence-corrected chi connectivity index (χ3v) is 2.90. The summed E-state index contributed by atoms with van der Waals surface area (Å²) in [5.41, 5.74) is 5.80. The fraction of sp³-hybridized carbons (Fsp3) is 0.455. The maximum Gasteiger partial charge on any atom is 0.310 e. The highest BCUT2D eigenvalue weighted by atomic mass is 79.9. The van der Waals surface area contributed by atoms with Crippen LogP contribution in [0, 0.1) is 0 Å². The number of pyridine rings is 1. The van der Waals surface area contributed by atoms with E-state index in [1.54, 1.807) is 6.92 Å². The van der Waals surface area contributed by atoms with Crippen LogP contribution in [0.5, 0.6) is 0 Å². The number of esters is 1. The molecule has 0 bridgehead atoms. The lowest BCUT2D eigenvalue weighted by molar-refractivity contribution is -0.142. The van der Waals surface area contributed by atoms with E-state index in [2.05, 4.69) is 20.9 Å². The largest absolute Gasteiger partial charge is 0.466 e. The molecule has 0 saturated carbocycles. The van der Waals surface area contributed by atoms with Crippen LogP contribution in [0.25, 0.3) is 0 Å². The van der Waals surface area contributed by atoms with E-state index >= 15 is 0 Å². The van der Waals surface area contributed by atoms with Crippen LogP contribution in [0.1, 0.15) is 30.0 Å². The number of halogens is 3. The number of aromatic nitrogens is 1. The van der Waals surface area contributed by atoms with E-state index in [-0.39, 0.29) is 29.7 Å². The van der Waals surface area contributed by atoms with Crippen LogP contribution in [0.4, 0.5) is 14.6 Å².